The molecule has 2 aromatic carbocycles. The molecule has 0 aliphatic heterocycles. The van der Waals surface area contributed by atoms with Gasteiger partial charge in [0.05, 0.1) is 4.90 Å². The Balaban J connectivity index is 2.10. The van der Waals surface area contributed by atoms with Crippen LogP contribution in [0.1, 0.15) is 22.3 Å². The van der Waals surface area contributed by atoms with E-state index in [0.29, 0.717) is 11.6 Å². The lowest BCUT2D eigenvalue weighted by Crippen LogP contribution is -2.16. The largest absolute Gasteiger partial charge is 0.457 e. The summed E-state index contributed by atoms with van der Waals surface area (Å²) in [5, 5.41) is 5.11. The molecule has 1 aliphatic carbocycles. The predicted molar refractivity (Wildman–Crippen MR) is 76.9 cm³/mol. The minimum Gasteiger partial charge on any atom is -0.457 e. The van der Waals surface area contributed by atoms with Crippen molar-refractivity contribution in [3.8, 4) is 11.5 Å². The van der Waals surface area contributed by atoms with Gasteiger partial charge in [-0.25, -0.2) is 22.3 Å². The summed E-state index contributed by atoms with van der Waals surface area (Å²) in [4.78, 5) is 11.7. The summed E-state index contributed by atoms with van der Waals surface area (Å²) in [6.45, 7) is 0. The van der Waals surface area contributed by atoms with Crippen molar-refractivity contribution in [1.82, 2.24) is 0 Å². The van der Waals surface area contributed by atoms with Crippen molar-refractivity contribution in [3.05, 3.63) is 53.1 Å². The first-order valence-corrected chi connectivity index (χ1v) is 8.16. The number of halogens is 2. The predicted octanol–water partition coefficient (Wildman–Crippen LogP) is 2.53. The third-order valence-corrected chi connectivity index (χ3v) is 4.44. The molecule has 0 aromatic heterocycles. The molecule has 0 heterocycles. The number of hydrogen-bond donors (Lipinski definition) is 1. The number of nitrogens with two attached hydrogens (primary N) is 1. The normalized spacial score (nSPS) is 14.0. The van der Waals surface area contributed by atoms with Crippen molar-refractivity contribution in [1.29, 1.82) is 0 Å². The van der Waals surface area contributed by atoms with Crippen LogP contribution in [0.2, 0.25) is 0 Å². The number of ether oxygens (including phenoxy) is 1. The average Bonchev–Trinajstić information content (AvgIpc) is 2.79. The number of carbonyl (C=O) groups is 1. The Bertz CT molecular complexity index is 905. The lowest BCUT2D eigenvalue weighted by Gasteiger charge is -2.12. The first-order chi connectivity index (χ1) is 10.8. The van der Waals surface area contributed by atoms with Gasteiger partial charge >= 0.3 is 0 Å². The van der Waals surface area contributed by atoms with Crippen molar-refractivity contribution in [3.63, 3.8) is 0 Å². The maximum Gasteiger partial charge on any atom is 0.238 e. The van der Waals surface area contributed by atoms with Gasteiger partial charge in [-0.2, -0.15) is 0 Å². The lowest BCUT2D eigenvalue weighted by molar-refractivity contribution is 0.0991. The maximum absolute atomic E-state index is 13.2. The molecule has 2 aromatic rings. The van der Waals surface area contributed by atoms with Gasteiger partial charge in [-0.05, 0) is 18.6 Å². The molecule has 1 aliphatic rings. The second kappa shape index (κ2) is 5.39. The molecule has 0 spiro atoms. The number of benzene rings is 2. The molecule has 0 saturated heterocycles. The molecule has 120 valence electrons. The van der Waals surface area contributed by atoms with Crippen LogP contribution in [0.5, 0.6) is 11.5 Å². The van der Waals surface area contributed by atoms with Gasteiger partial charge in [0.15, 0.2) is 5.78 Å². The topological polar surface area (TPSA) is 86.5 Å². The van der Waals surface area contributed by atoms with Gasteiger partial charge in [-0.15, -0.1) is 0 Å². The number of fused-ring (bicyclic) bond motifs is 1. The Hall–Kier alpha value is -2.32. The minimum atomic E-state index is -4.06. The zero-order valence-electron chi connectivity index (χ0n) is 11.7. The van der Waals surface area contributed by atoms with Crippen LogP contribution in [0.25, 0.3) is 0 Å². The number of rotatable bonds is 3. The summed E-state index contributed by atoms with van der Waals surface area (Å²) in [6, 6.07) is 5.15. The third-order valence-electron chi connectivity index (χ3n) is 3.48. The number of ketones is 1. The van der Waals surface area contributed by atoms with E-state index in [-0.39, 0.29) is 40.6 Å². The van der Waals surface area contributed by atoms with Gasteiger partial charge in [-0.3, -0.25) is 4.79 Å². The van der Waals surface area contributed by atoms with Crippen LogP contribution in [-0.2, 0) is 16.4 Å². The molecule has 8 heteroatoms. The Morgan fingerprint density at radius 2 is 1.70 bits per heavy atom. The third kappa shape index (κ3) is 2.95. The van der Waals surface area contributed by atoms with Crippen LogP contribution in [0, 0.1) is 11.6 Å². The quantitative estimate of drug-likeness (QED) is 0.931. The smallest absolute Gasteiger partial charge is 0.238 e. The van der Waals surface area contributed by atoms with E-state index in [9.17, 15) is 22.0 Å². The first-order valence-electron chi connectivity index (χ1n) is 6.61. The summed E-state index contributed by atoms with van der Waals surface area (Å²) < 4.78 is 55.0. The molecule has 0 bridgehead atoms. The maximum atomic E-state index is 13.2. The Labute approximate surface area is 130 Å². The molecule has 0 radical (unpaired) electrons. The number of primary sulfonamides is 1. The van der Waals surface area contributed by atoms with Gasteiger partial charge in [0.2, 0.25) is 10.0 Å². The van der Waals surface area contributed by atoms with E-state index in [1.165, 1.54) is 6.07 Å². The van der Waals surface area contributed by atoms with Crippen LogP contribution in [-0.4, -0.2) is 14.2 Å². The van der Waals surface area contributed by atoms with Crippen molar-refractivity contribution >= 4 is 15.8 Å². The molecular weight excluding hydrogens is 328 g/mol. The molecule has 3 rings (SSSR count). The summed E-state index contributed by atoms with van der Waals surface area (Å²) in [5.41, 5.74) is 0.355. The number of carbonyl (C=O) groups excluding carboxylic acids is 1. The molecule has 5 nitrogen and oxygen atoms in total. The summed E-state index contributed by atoms with van der Waals surface area (Å²) in [6.07, 6.45) is 0.389. The monoisotopic (exact) mass is 339 g/mol. The second-order valence-electron chi connectivity index (χ2n) is 5.09. The Kier molecular flexibility index (Phi) is 3.65. The van der Waals surface area contributed by atoms with Crippen LogP contribution in [0.3, 0.4) is 0 Å². The van der Waals surface area contributed by atoms with E-state index < -0.39 is 21.7 Å². The van der Waals surface area contributed by atoms with E-state index in [2.05, 4.69) is 0 Å². The summed E-state index contributed by atoms with van der Waals surface area (Å²) >= 11 is 0. The highest BCUT2D eigenvalue weighted by atomic mass is 32.2. The fourth-order valence-corrected chi connectivity index (χ4v) is 3.35. The van der Waals surface area contributed by atoms with E-state index in [1.54, 1.807) is 0 Å². The SMILES string of the molecule is NS(=O)(=O)c1ccc(Oc2cc(F)cc(F)c2)c2c1C(=O)CC2. The molecule has 0 amide bonds. The number of sulfonamides is 1. The van der Waals surface area contributed by atoms with Crippen LogP contribution >= 0.6 is 0 Å². The highest BCUT2D eigenvalue weighted by Gasteiger charge is 2.30. The number of Topliss-reactive ketones (excluding diaryl/α,β-unsaturated/α-hetero) is 1. The molecule has 2 N–H and O–H groups in total. The highest BCUT2D eigenvalue weighted by Crippen LogP contribution is 2.37. The Morgan fingerprint density at radius 3 is 2.30 bits per heavy atom. The van der Waals surface area contributed by atoms with Crippen molar-refractivity contribution in [2.24, 2.45) is 5.14 Å². The van der Waals surface area contributed by atoms with Gasteiger partial charge in [-0.1, -0.05) is 0 Å². The average molecular weight is 339 g/mol. The summed E-state index contributed by atoms with van der Waals surface area (Å²) in [7, 11) is -4.06. The highest BCUT2D eigenvalue weighted by molar-refractivity contribution is 7.89. The van der Waals surface area contributed by atoms with Crippen molar-refractivity contribution in [2.45, 2.75) is 17.7 Å². The molecular formula is C15H11F2NO4S. The fourth-order valence-electron chi connectivity index (χ4n) is 2.57. The molecule has 0 fully saturated rings. The van der Waals surface area contributed by atoms with Gasteiger partial charge in [0, 0.05) is 35.7 Å². The van der Waals surface area contributed by atoms with Gasteiger partial charge in [0.25, 0.3) is 0 Å². The van der Waals surface area contributed by atoms with Crippen molar-refractivity contribution in [2.75, 3.05) is 0 Å². The van der Waals surface area contributed by atoms with E-state index in [4.69, 9.17) is 9.88 Å². The van der Waals surface area contributed by atoms with Gasteiger partial charge < -0.3 is 4.74 Å². The molecule has 0 saturated carbocycles. The van der Waals surface area contributed by atoms with Crippen molar-refractivity contribution < 1.29 is 26.7 Å². The van der Waals surface area contributed by atoms with E-state index in [0.717, 1.165) is 18.2 Å². The molecule has 0 unspecified atom stereocenters. The molecule has 0 atom stereocenters. The minimum absolute atomic E-state index is 0.0122. The fraction of sp³-hybridized carbons (Fsp3) is 0.133. The Morgan fingerprint density at radius 1 is 1.04 bits per heavy atom. The standard InChI is InChI=1S/C15H11F2NO4S/c16-8-5-9(17)7-10(6-8)22-13-3-4-14(23(18,20)21)15-11(13)1-2-12(15)19/h3-7H,1-2H2,(H2,18,20,21). The van der Waals surface area contributed by atoms with E-state index in [1.807, 2.05) is 0 Å². The van der Waals surface area contributed by atoms with Gasteiger partial charge in [0.1, 0.15) is 23.1 Å². The second-order valence-corrected chi connectivity index (χ2v) is 6.62. The number of hydrogen-bond acceptors (Lipinski definition) is 4. The van der Waals surface area contributed by atoms with Crippen LogP contribution < -0.4 is 9.88 Å². The molecule has 23 heavy (non-hydrogen) atoms. The summed E-state index contributed by atoms with van der Waals surface area (Å²) in [5.74, 6) is -1.90. The first kappa shape index (κ1) is 15.6. The zero-order valence-corrected chi connectivity index (χ0v) is 12.5. The van der Waals surface area contributed by atoms with Crippen LogP contribution in [0.15, 0.2) is 35.2 Å². The zero-order chi connectivity index (χ0) is 16.8. The lowest BCUT2D eigenvalue weighted by atomic mass is 10.1. The van der Waals surface area contributed by atoms with E-state index >= 15 is 0 Å². The van der Waals surface area contributed by atoms with Crippen LogP contribution in [0.4, 0.5) is 8.78 Å².